The smallest absolute Gasteiger partial charge is 0.0445 e. The molecule has 0 bridgehead atoms. The highest BCUT2D eigenvalue weighted by atomic mass is 32.2. The van der Waals surface area contributed by atoms with Gasteiger partial charge in [0.2, 0.25) is 0 Å². The molecule has 2 rings (SSSR count). The molecule has 0 aliphatic carbocycles. The zero-order valence-electron chi connectivity index (χ0n) is 7.39. The lowest BCUT2D eigenvalue weighted by Crippen LogP contribution is -2.48. The van der Waals surface area contributed by atoms with E-state index in [0.717, 1.165) is 19.6 Å². The number of hydrogen-bond acceptors (Lipinski definition) is 4. The average molecular weight is 195 g/mol. The molecule has 1 aliphatic rings. The molecule has 2 heterocycles. The highest BCUT2D eigenvalue weighted by Gasteiger charge is 2.25. The Labute approximate surface area is 82.5 Å². The Kier molecular flexibility index (Phi) is 2.83. The lowest BCUT2D eigenvalue weighted by molar-refractivity contribution is 0.181. The maximum absolute atomic E-state index is 5.47. The Balaban J connectivity index is 1.81. The predicted molar refractivity (Wildman–Crippen MR) is 55.1 cm³/mol. The summed E-state index contributed by atoms with van der Waals surface area (Å²) in [5.74, 6) is 0. The maximum atomic E-state index is 5.47. The molecule has 0 spiro atoms. The molecule has 1 aromatic heterocycles. The van der Waals surface area contributed by atoms with Crippen LogP contribution in [0.1, 0.15) is 5.56 Å². The molecule has 1 aliphatic heterocycles. The van der Waals surface area contributed by atoms with Gasteiger partial charge in [-0.15, -0.1) is 0 Å². The molecule has 13 heavy (non-hydrogen) atoms. The van der Waals surface area contributed by atoms with Gasteiger partial charge in [-0.2, -0.15) is 0 Å². The van der Waals surface area contributed by atoms with E-state index < -0.39 is 0 Å². The summed E-state index contributed by atoms with van der Waals surface area (Å²) in [6, 6.07) is 4.08. The summed E-state index contributed by atoms with van der Waals surface area (Å²) < 4.78 is 0. The number of rotatable bonds is 3. The first kappa shape index (κ1) is 8.99. The van der Waals surface area contributed by atoms with E-state index in [-0.39, 0.29) is 0 Å². The molecule has 0 atom stereocenters. The summed E-state index contributed by atoms with van der Waals surface area (Å²) in [5, 5.41) is 6.10. The van der Waals surface area contributed by atoms with Crippen LogP contribution in [0.4, 0.5) is 0 Å². The van der Waals surface area contributed by atoms with Gasteiger partial charge in [0.15, 0.2) is 0 Å². The Hall–Kier alpha value is -0.580. The fourth-order valence-electron chi connectivity index (χ4n) is 1.49. The van der Waals surface area contributed by atoms with Crippen LogP contribution in [0, 0.1) is 0 Å². The summed E-state index contributed by atoms with van der Waals surface area (Å²) in [4.78, 5) is 6.46. The van der Waals surface area contributed by atoms with Crippen LogP contribution < -0.4 is 5.14 Å². The van der Waals surface area contributed by atoms with Gasteiger partial charge in [0.1, 0.15) is 0 Å². The molecule has 1 fully saturated rings. The van der Waals surface area contributed by atoms with Crippen molar-refractivity contribution in [2.24, 2.45) is 5.14 Å². The minimum absolute atomic E-state index is 0.636. The molecule has 2 N–H and O–H groups in total. The first-order chi connectivity index (χ1) is 6.38. The van der Waals surface area contributed by atoms with Gasteiger partial charge in [-0.3, -0.25) is 15.0 Å². The molecule has 4 heteroatoms. The summed E-state index contributed by atoms with van der Waals surface area (Å²) in [6.45, 7) is 3.22. The Morgan fingerprint density at radius 1 is 1.62 bits per heavy atom. The molecular formula is C9H13N3S. The lowest BCUT2D eigenvalue weighted by Gasteiger charge is -2.37. The van der Waals surface area contributed by atoms with E-state index >= 15 is 0 Å². The lowest BCUT2D eigenvalue weighted by atomic mass is 10.2. The van der Waals surface area contributed by atoms with Crippen LogP contribution in [0.2, 0.25) is 0 Å². The summed E-state index contributed by atoms with van der Waals surface area (Å²) >= 11 is 1.47. The zero-order valence-corrected chi connectivity index (χ0v) is 8.20. The first-order valence-corrected chi connectivity index (χ1v) is 5.29. The van der Waals surface area contributed by atoms with E-state index in [1.807, 2.05) is 12.3 Å². The van der Waals surface area contributed by atoms with Crippen molar-refractivity contribution in [2.45, 2.75) is 11.8 Å². The van der Waals surface area contributed by atoms with Gasteiger partial charge in [0.05, 0.1) is 0 Å². The Morgan fingerprint density at radius 2 is 2.46 bits per heavy atom. The third-order valence-corrected chi connectivity index (χ3v) is 2.93. The molecule has 0 unspecified atom stereocenters. The van der Waals surface area contributed by atoms with Crippen LogP contribution >= 0.6 is 11.9 Å². The van der Waals surface area contributed by atoms with Crippen LogP contribution in [-0.4, -0.2) is 28.2 Å². The molecular weight excluding hydrogens is 182 g/mol. The quantitative estimate of drug-likeness (QED) is 0.727. The third kappa shape index (κ3) is 2.21. The molecule has 0 radical (unpaired) electrons. The predicted octanol–water partition coefficient (Wildman–Crippen LogP) is 0.873. The van der Waals surface area contributed by atoms with Crippen LogP contribution in [0.15, 0.2) is 24.5 Å². The van der Waals surface area contributed by atoms with Gasteiger partial charge in [-0.1, -0.05) is 18.0 Å². The van der Waals surface area contributed by atoms with Crippen molar-refractivity contribution < 1.29 is 0 Å². The number of nitrogens with zero attached hydrogens (tertiary/aromatic N) is 2. The minimum atomic E-state index is 0.636. The first-order valence-electron chi connectivity index (χ1n) is 4.35. The van der Waals surface area contributed by atoms with E-state index in [9.17, 15) is 0 Å². The van der Waals surface area contributed by atoms with Crippen molar-refractivity contribution in [3.63, 3.8) is 0 Å². The standard InChI is InChI=1S/C9H13N3S/c10-13-9-6-12(7-9)5-8-2-1-3-11-4-8/h1-4,9H,5-7,10H2. The molecule has 0 amide bonds. The maximum Gasteiger partial charge on any atom is 0.0445 e. The van der Waals surface area contributed by atoms with Gasteiger partial charge in [0, 0.05) is 37.3 Å². The third-order valence-electron chi connectivity index (χ3n) is 2.25. The molecule has 0 saturated carbocycles. The van der Waals surface area contributed by atoms with Crippen molar-refractivity contribution in [1.82, 2.24) is 9.88 Å². The number of likely N-dealkylation sites (tertiary alicyclic amines) is 1. The molecule has 70 valence electrons. The van der Waals surface area contributed by atoms with E-state index in [4.69, 9.17) is 5.14 Å². The van der Waals surface area contributed by atoms with E-state index in [1.165, 1.54) is 17.5 Å². The Morgan fingerprint density at radius 3 is 3.08 bits per heavy atom. The fourth-order valence-corrected chi connectivity index (χ4v) is 2.08. The second-order valence-electron chi connectivity index (χ2n) is 3.31. The van der Waals surface area contributed by atoms with Crippen LogP contribution in [-0.2, 0) is 6.54 Å². The highest BCUT2D eigenvalue weighted by molar-refractivity contribution is 7.97. The SMILES string of the molecule is NSC1CN(Cc2cccnc2)C1. The number of pyridine rings is 1. The van der Waals surface area contributed by atoms with Crippen molar-refractivity contribution in [3.05, 3.63) is 30.1 Å². The summed E-state index contributed by atoms with van der Waals surface area (Å²) in [6.07, 6.45) is 3.72. The van der Waals surface area contributed by atoms with Gasteiger partial charge in [-0.25, -0.2) is 0 Å². The fraction of sp³-hybridized carbons (Fsp3) is 0.444. The van der Waals surface area contributed by atoms with Crippen LogP contribution in [0.25, 0.3) is 0 Å². The topological polar surface area (TPSA) is 42.1 Å². The van der Waals surface area contributed by atoms with Crippen molar-refractivity contribution in [3.8, 4) is 0 Å². The monoisotopic (exact) mass is 195 g/mol. The largest absolute Gasteiger partial charge is 0.297 e. The van der Waals surface area contributed by atoms with Crippen molar-refractivity contribution in [1.29, 1.82) is 0 Å². The van der Waals surface area contributed by atoms with Gasteiger partial charge < -0.3 is 0 Å². The number of aromatic nitrogens is 1. The summed E-state index contributed by atoms with van der Waals surface area (Å²) in [7, 11) is 0. The van der Waals surface area contributed by atoms with Crippen LogP contribution in [0.3, 0.4) is 0 Å². The minimum Gasteiger partial charge on any atom is -0.297 e. The van der Waals surface area contributed by atoms with E-state index in [0.29, 0.717) is 5.25 Å². The summed E-state index contributed by atoms with van der Waals surface area (Å²) in [5.41, 5.74) is 1.28. The average Bonchev–Trinajstić information content (AvgIpc) is 2.12. The second kappa shape index (κ2) is 4.09. The zero-order chi connectivity index (χ0) is 9.10. The number of hydrogen-bond donors (Lipinski definition) is 1. The normalized spacial score (nSPS) is 18.5. The van der Waals surface area contributed by atoms with E-state index in [1.54, 1.807) is 6.20 Å². The van der Waals surface area contributed by atoms with E-state index in [2.05, 4.69) is 16.0 Å². The molecule has 1 aromatic rings. The van der Waals surface area contributed by atoms with Crippen molar-refractivity contribution in [2.75, 3.05) is 13.1 Å². The van der Waals surface area contributed by atoms with Crippen LogP contribution in [0.5, 0.6) is 0 Å². The molecule has 1 saturated heterocycles. The highest BCUT2D eigenvalue weighted by Crippen LogP contribution is 2.19. The molecule has 3 nitrogen and oxygen atoms in total. The Bertz CT molecular complexity index is 259. The number of nitrogens with two attached hydrogens (primary N) is 1. The second-order valence-corrected chi connectivity index (χ2v) is 4.25. The molecule has 0 aromatic carbocycles. The van der Waals surface area contributed by atoms with Gasteiger partial charge >= 0.3 is 0 Å². The van der Waals surface area contributed by atoms with Crippen molar-refractivity contribution >= 4 is 11.9 Å². The van der Waals surface area contributed by atoms with Gasteiger partial charge in [-0.05, 0) is 11.6 Å². The van der Waals surface area contributed by atoms with Gasteiger partial charge in [0.25, 0.3) is 0 Å².